The molecule has 1 aliphatic rings. The second-order valence-electron chi connectivity index (χ2n) is 3.67. The van der Waals surface area contributed by atoms with E-state index in [9.17, 15) is 4.79 Å². The summed E-state index contributed by atoms with van der Waals surface area (Å²) in [4.78, 5) is 15.9. The predicted molar refractivity (Wildman–Crippen MR) is 75.1 cm³/mol. The van der Waals surface area contributed by atoms with Gasteiger partial charge in [0.1, 0.15) is 5.82 Å². The van der Waals surface area contributed by atoms with Crippen LogP contribution in [0.4, 0.5) is 11.5 Å². The number of anilines is 2. The molecule has 2 rings (SSSR count). The molecule has 2 N–H and O–H groups in total. The van der Waals surface area contributed by atoms with Crippen molar-refractivity contribution in [1.82, 2.24) is 4.98 Å². The number of nitrogens with zero attached hydrogens (tertiary/aromatic N) is 1. The first kappa shape index (κ1) is 14.1. The number of halogens is 1. The minimum absolute atomic E-state index is 0. The first-order valence-electron chi connectivity index (χ1n) is 5.36. The lowest BCUT2D eigenvalue weighted by atomic mass is 10.2. The molecule has 0 bridgehead atoms. The number of pyridine rings is 1. The topological polar surface area (TPSA) is 54.0 Å². The Hall–Kier alpha value is -0.940. The lowest BCUT2D eigenvalue weighted by Gasteiger charge is -2.09. The highest BCUT2D eigenvalue weighted by Crippen LogP contribution is 2.27. The van der Waals surface area contributed by atoms with Crippen molar-refractivity contribution >= 4 is 41.6 Å². The number of nitrogens with one attached hydrogen (secondary N) is 2. The number of rotatable bonds is 3. The number of carbonyl (C=O) groups excluding carboxylic acids is 1. The van der Waals surface area contributed by atoms with Crippen LogP contribution in [0.3, 0.4) is 0 Å². The Labute approximate surface area is 111 Å². The highest BCUT2D eigenvalue weighted by Gasteiger charge is 2.23. The summed E-state index contributed by atoms with van der Waals surface area (Å²) in [5.41, 5.74) is 0.761. The summed E-state index contributed by atoms with van der Waals surface area (Å²) in [6.45, 7) is 0. The van der Waals surface area contributed by atoms with Crippen LogP contribution in [0.5, 0.6) is 0 Å². The van der Waals surface area contributed by atoms with Gasteiger partial charge < -0.3 is 10.6 Å². The molecule has 4 nitrogen and oxygen atoms in total. The first-order chi connectivity index (χ1) is 7.79. The summed E-state index contributed by atoms with van der Waals surface area (Å²) < 4.78 is 0. The second-order valence-corrected chi connectivity index (χ2v) is 4.98. The lowest BCUT2D eigenvalue weighted by molar-refractivity contribution is -0.115. The maximum Gasteiger partial charge on any atom is 0.237 e. The van der Waals surface area contributed by atoms with Crippen LogP contribution in [-0.2, 0) is 4.79 Å². The van der Waals surface area contributed by atoms with E-state index in [-0.39, 0.29) is 23.6 Å². The van der Waals surface area contributed by atoms with Crippen molar-refractivity contribution in [2.75, 3.05) is 23.4 Å². The van der Waals surface area contributed by atoms with Crippen molar-refractivity contribution in [3.63, 3.8) is 0 Å². The van der Waals surface area contributed by atoms with Gasteiger partial charge in [0, 0.05) is 7.05 Å². The lowest BCUT2D eigenvalue weighted by Crippen LogP contribution is -2.22. The van der Waals surface area contributed by atoms with Crippen molar-refractivity contribution in [3.05, 3.63) is 18.3 Å². The predicted octanol–water partition coefficient (Wildman–Crippen LogP) is 2.38. The van der Waals surface area contributed by atoms with Crippen molar-refractivity contribution in [3.8, 4) is 0 Å². The molecule has 1 atom stereocenters. The van der Waals surface area contributed by atoms with Crippen molar-refractivity contribution in [2.24, 2.45) is 0 Å². The van der Waals surface area contributed by atoms with Crippen molar-refractivity contribution in [2.45, 2.75) is 18.1 Å². The van der Waals surface area contributed by atoms with E-state index in [4.69, 9.17) is 0 Å². The molecule has 0 spiro atoms. The zero-order valence-electron chi connectivity index (χ0n) is 9.60. The SMILES string of the molecule is CNc1ccc(NC(=O)C2CCCS2)cn1.Cl. The molecule has 2 heterocycles. The summed E-state index contributed by atoms with van der Waals surface area (Å²) in [5, 5.41) is 5.93. The summed E-state index contributed by atoms with van der Waals surface area (Å²) in [7, 11) is 1.82. The second kappa shape index (κ2) is 6.71. The Morgan fingerprint density at radius 3 is 2.88 bits per heavy atom. The van der Waals surface area contributed by atoms with Gasteiger partial charge in [0.15, 0.2) is 0 Å². The van der Waals surface area contributed by atoms with Crippen LogP contribution in [0.25, 0.3) is 0 Å². The van der Waals surface area contributed by atoms with E-state index in [1.807, 2.05) is 19.2 Å². The van der Waals surface area contributed by atoms with Crippen LogP contribution >= 0.6 is 24.2 Å². The largest absolute Gasteiger partial charge is 0.373 e. The van der Waals surface area contributed by atoms with Gasteiger partial charge in [0.2, 0.25) is 5.91 Å². The maximum atomic E-state index is 11.8. The Kier molecular flexibility index (Phi) is 5.58. The van der Waals surface area contributed by atoms with Crippen LogP contribution in [0, 0.1) is 0 Å². The van der Waals surface area contributed by atoms with Gasteiger partial charge in [0.05, 0.1) is 17.1 Å². The Morgan fingerprint density at radius 1 is 1.53 bits per heavy atom. The smallest absolute Gasteiger partial charge is 0.237 e. The Balaban J connectivity index is 0.00000144. The Morgan fingerprint density at radius 2 is 2.35 bits per heavy atom. The zero-order chi connectivity index (χ0) is 11.4. The van der Waals surface area contributed by atoms with Gasteiger partial charge in [-0.25, -0.2) is 4.98 Å². The number of thioether (sulfide) groups is 1. The average Bonchev–Trinajstić information content (AvgIpc) is 2.83. The summed E-state index contributed by atoms with van der Waals surface area (Å²) in [5.74, 6) is 1.99. The number of amides is 1. The summed E-state index contributed by atoms with van der Waals surface area (Å²) in [6, 6.07) is 3.70. The minimum Gasteiger partial charge on any atom is -0.373 e. The molecule has 1 aromatic rings. The number of carbonyl (C=O) groups is 1. The van der Waals surface area contributed by atoms with Crippen molar-refractivity contribution in [1.29, 1.82) is 0 Å². The molecule has 6 heteroatoms. The van der Waals surface area contributed by atoms with Crippen LogP contribution in [0.15, 0.2) is 18.3 Å². The molecule has 1 amide bonds. The Bertz CT molecular complexity index is 365. The number of hydrogen-bond acceptors (Lipinski definition) is 4. The van der Waals surface area contributed by atoms with Crippen LogP contribution in [0.2, 0.25) is 0 Å². The molecule has 0 aromatic carbocycles. The third-order valence-electron chi connectivity index (χ3n) is 2.51. The van der Waals surface area contributed by atoms with E-state index >= 15 is 0 Å². The molecule has 1 aromatic heterocycles. The van der Waals surface area contributed by atoms with E-state index in [0.717, 1.165) is 30.1 Å². The number of hydrogen-bond donors (Lipinski definition) is 2. The standard InChI is InChI=1S/C11H15N3OS.ClH/c1-12-10-5-4-8(7-13-10)14-11(15)9-3-2-6-16-9;/h4-5,7,9H,2-3,6H2,1H3,(H,12,13)(H,14,15);1H. The molecule has 1 saturated heterocycles. The molecular weight excluding hydrogens is 258 g/mol. The van der Waals surface area contributed by atoms with E-state index in [1.54, 1.807) is 18.0 Å². The fourth-order valence-electron chi connectivity index (χ4n) is 1.62. The molecule has 94 valence electrons. The van der Waals surface area contributed by atoms with E-state index in [0.29, 0.717) is 0 Å². The molecule has 1 fully saturated rings. The van der Waals surface area contributed by atoms with E-state index in [1.165, 1.54) is 0 Å². The third kappa shape index (κ3) is 3.78. The van der Waals surface area contributed by atoms with E-state index in [2.05, 4.69) is 15.6 Å². The molecule has 0 aliphatic carbocycles. The highest BCUT2D eigenvalue weighted by atomic mass is 35.5. The van der Waals surface area contributed by atoms with Crippen LogP contribution < -0.4 is 10.6 Å². The molecule has 1 aliphatic heterocycles. The molecule has 0 radical (unpaired) electrons. The fourth-order valence-corrected chi connectivity index (χ4v) is 2.78. The maximum absolute atomic E-state index is 11.8. The zero-order valence-corrected chi connectivity index (χ0v) is 11.2. The van der Waals surface area contributed by atoms with Crippen LogP contribution in [-0.4, -0.2) is 28.9 Å². The van der Waals surface area contributed by atoms with E-state index < -0.39 is 0 Å². The van der Waals surface area contributed by atoms with Gasteiger partial charge in [-0.05, 0) is 30.7 Å². The fraction of sp³-hybridized carbons (Fsp3) is 0.455. The quantitative estimate of drug-likeness (QED) is 0.888. The minimum atomic E-state index is 0. The van der Waals surface area contributed by atoms with Gasteiger partial charge >= 0.3 is 0 Å². The van der Waals surface area contributed by atoms with Gasteiger partial charge in [-0.3, -0.25) is 4.79 Å². The van der Waals surface area contributed by atoms with Gasteiger partial charge in [-0.1, -0.05) is 0 Å². The highest BCUT2D eigenvalue weighted by molar-refractivity contribution is 8.00. The van der Waals surface area contributed by atoms with Crippen molar-refractivity contribution < 1.29 is 4.79 Å². The van der Waals surface area contributed by atoms with Gasteiger partial charge in [0.25, 0.3) is 0 Å². The van der Waals surface area contributed by atoms with Gasteiger partial charge in [-0.15, -0.1) is 24.2 Å². The molecular formula is C11H16ClN3OS. The average molecular weight is 274 g/mol. The molecule has 0 saturated carbocycles. The number of aromatic nitrogens is 1. The monoisotopic (exact) mass is 273 g/mol. The molecule has 17 heavy (non-hydrogen) atoms. The molecule has 1 unspecified atom stereocenters. The normalized spacial score (nSPS) is 18.3. The third-order valence-corrected chi connectivity index (χ3v) is 3.89. The summed E-state index contributed by atoms with van der Waals surface area (Å²) in [6.07, 6.45) is 3.79. The summed E-state index contributed by atoms with van der Waals surface area (Å²) >= 11 is 1.73. The van der Waals surface area contributed by atoms with Gasteiger partial charge in [-0.2, -0.15) is 0 Å². The van der Waals surface area contributed by atoms with Crippen LogP contribution in [0.1, 0.15) is 12.8 Å². The first-order valence-corrected chi connectivity index (χ1v) is 6.41.